The summed E-state index contributed by atoms with van der Waals surface area (Å²) in [5.41, 5.74) is 15.5. The first-order valence-electron chi connectivity index (χ1n) is 9.34. The van der Waals surface area contributed by atoms with E-state index in [2.05, 4.69) is 25.6 Å². The molecule has 0 saturated heterocycles. The number of hydrogen-bond acceptors (Lipinski definition) is 8. The molecule has 2 saturated carbocycles. The molecule has 2 aliphatic rings. The molecule has 0 radical (unpaired) electrons. The lowest BCUT2D eigenvalue weighted by molar-refractivity contribution is 0.100. The molecule has 1 unspecified atom stereocenters. The number of nitrogens with one attached hydrogen (secondary N) is 2. The number of benzene rings is 1. The minimum atomic E-state index is -0.583. The van der Waals surface area contributed by atoms with E-state index in [0.29, 0.717) is 17.7 Å². The number of nitrogens with two attached hydrogens (primary N) is 2. The number of aromatic nitrogens is 3. The summed E-state index contributed by atoms with van der Waals surface area (Å²) in [6.07, 6.45) is 5.84. The van der Waals surface area contributed by atoms with Crippen molar-refractivity contribution < 1.29 is 4.79 Å². The highest BCUT2D eigenvalue weighted by Crippen LogP contribution is 2.47. The number of nitrogens with zero attached hydrogens (tertiary/aromatic N) is 3. The molecule has 28 heavy (non-hydrogen) atoms. The SMILES string of the molecule is NC(=O)c1cnc(NC(C2CC2)C2(N)CC2)nc1Nc1ccc2scnc2c1. The first-order valence-corrected chi connectivity index (χ1v) is 10.2. The Bertz CT molecular complexity index is 1060. The number of carbonyl (C=O) groups is 1. The van der Waals surface area contributed by atoms with E-state index in [1.165, 1.54) is 19.0 Å². The average Bonchev–Trinajstić information content (AvgIpc) is 3.59. The lowest BCUT2D eigenvalue weighted by Crippen LogP contribution is -2.44. The van der Waals surface area contributed by atoms with Crippen LogP contribution in [0.3, 0.4) is 0 Å². The van der Waals surface area contributed by atoms with Crippen LogP contribution in [0.1, 0.15) is 36.0 Å². The second-order valence-electron chi connectivity index (χ2n) is 7.67. The molecule has 0 bridgehead atoms. The zero-order chi connectivity index (χ0) is 19.3. The van der Waals surface area contributed by atoms with Crippen LogP contribution in [0.25, 0.3) is 10.2 Å². The predicted octanol–water partition coefficient (Wildman–Crippen LogP) is 2.61. The smallest absolute Gasteiger partial charge is 0.254 e. The maximum absolute atomic E-state index is 11.9. The summed E-state index contributed by atoms with van der Waals surface area (Å²) < 4.78 is 1.09. The lowest BCUT2D eigenvalue weighted by Gasteiger charge is -2.25. The van der Waals surface area contributed by atoms with Crippen molar-refractivity contribution in [3.05, 3.63) is 35.5 Å². The van der Waals surface area contributed by atoms with Gasteiger partial charge in [-0.15, -0.1) is 11.3 Å². The molecule has 6 N–H and O–H groups in total. The van der Waals surface area contributed by atoms with E-state index in [9.17, 15) is 4.79 Å². The van der Waals surface area contributed by atoms with Gasteiger partial charge in [0.15, 0.2) is 0 Å². The second kappa shape index (κ2) is 6.39. The molecule has 2 fully saturated rings. The molecule has 5 rings (SSSR count). The number of carbonyl (C=O) groups excluding carboxylic acids is 1. The van der Waals surface area contributed by atoms with Gasteiger partial charge in [-0.3, -0.25) is 4.79 Å². The van der Waals surface area contributed by atoms with Gasteiger partial charge in [0, 0.05) is 23.5 Å². The van der Waals surface area contributed by atoms with E-state index in [1.807, 2.05) is 18.2 Å². The summed E-state index contributed by atoms with van der Waals surface area (Å²) in [6.45, 7) is 0. The number of primary amides is 1. The molecule has 2 heterocycles. The third kappa shape index (κ3) is 3.27. The minimum absolute atomic E-state index is 0.158. The van der Waals surface area contributed by atoms with Crippen LogP contribution in [-0.2, 0) is 0 Å². The Labute approximate surface area is 165 Å². The number of fused-ring (bicyclic) bond motifs is 1. The van der Waals surface area contributed by atoms with Crippen LogP contribution in [0.4, 0.5) is 17.5 Å². The van der Waals surface area contributed by atoms with Gasteiger partial charge in [-0.2, -0.15) is 4.98 Å². The number of anilines is 3. The topological polar surface area (TPSA) is 132 Å². The zero-order valence-electron chi connectivity index (χ0n) is 15.2. The van der Waals surface area contributed by atoms with Crippen molar-refractivity contribution >= 4 is 44.9 Å². The zero-order valence-corrected chi connectivity index (χ0v) is 16.0. The van der Waals surface area contributed by atoms with E-state index in [-0.39, 0.29) is 17.1 Å². The van der Waals surface area contributed by atoms with Gasteiger partial charge in [0.1, 0.15) is 11.4 Å². The van der Waals surface area contributed by atoms with Gasteiger partial charge in [-0.25, -0.2) is 9.97 Å². The molecule has 144 valence electrons. The van der Waals surface area contributed by atoms with E-state index in [1.54, 1.807) is 16.8 Å². The Kier molecular flexibility index (Phi) is 3.95. The summed E-state index contributed by atoms with van der Waals surface area (Å²) in [6, 6.07) is 5.98. The first-order chi connectivity index (χ1) is 13.5. The number of rotatable bonds is 7. The fourth-order valence-electron chi connectivity index (χ4n) is 3.55. The van der Waals surface area contributed by atoms with Crippen molar-refractivity contribution in [3.8, 4) is 0 Å². The fraction of sp³-hybridized carbons (Fsp3) is 0.368. The highest BCUT2D eigenvalue weighted by molar-refractivity contribution is 7.16. The standard InChI is InChI=1S/C19H21N7OS/c20-16(27)12-8-22-18(25-15(10-1-2-10)19(21)5-6-19)26-17(12)24-11-3-4-14-13(7-11)23-9-28-14/h3-4,7-10,15H,1-2,5-6,21H2,(H2,20,27)(H2,22,24,25,26). The summed E-state index contributed by atoms with van der Waals surface area (Å²) in [4.78, 5) is 25.0. The van der Waals surface area contributed by atoms with Crippen LogP contribution >= 0.6 is 11.3 Å². The quantitative estimate of drug-likeness (QED) is 0.483. The maximum Gasteiger partial charge on any atom is 0.254 e. The number of thiazole rings is 1. The minimum Gasteiger partial charge on any atom is -0.365 e. The predicted molar refractivity (Wildman–Crippen MR) is 110 cm³/mol. The third-order valence-electron chi connectivity index (χ3n) is 5.47. The van der Waals surface area contributed by atoms with E-state index < -0.39 is 5.91 Å². The lowest BCUT2D eigenvalue weighted by atomic mass is 10.0. The van der Waals surface area contributed by atoms with Gasteiger partial charge >= 0.3 is 0 Å². The van der Waals surface area contributed by atoms with Crippen molar-refractivity contribution in [2.45, 2.75) is 37.3 Å². The van der Waals surface area contributed by atoms with Crippen molar-refractivity contribution in [2.75, 3.05) is 10.6 Å². The van der Waals surface area contributed by atoms with Gasteiger partial charge < -0.3 is 22.1 Å². The molecule has 8 nitrogen and oxygen atoms in total. The van der Waals surface area contributed by atoms with E-state index >= 15 is 0 Å². The Morgan fingerprint density at radius 2 is 2.11 bits per heavy atom. The van der Waals surface area contributed by atoms with Gasteiger partial charge in [0.25, 0.3) is 5.91 Å². The van der Waals surface area contributed by atoms with Crippen LogP contribution in [0, 0.1) is 5.92 Å². The van der Waals surface area contributed by atoms with Crippen molar-refractivity contribution in [1.82, 2.24) is 15.0 Å². The van der Waals surface area contributed by atoms with Gasteiger partial charge in [-0.1, -0.05) is 0 Å². The fourth-order valence-corrected chi connectivity index (χ4v) is 4.21. The summed E-state index contributed by atoms with van der Waals surface area (Å²) in [5, 5.41) is 6.60. The monoisotopic (exact) mass is 395 g/mol. The van der Waals surface area contributed by atoms with Crippen LogP contribution in [-0.4, -0.2) is 32.4 Å². The van der Waals surface area contributed by atoms with Crippen LogP contribution in [0.2, 0.25) is 0 Å². The highest BCUT2D eigenvalue weighted by Gasteiger charge is 2.52. The molecule has 0 aliphatic heterocycles. The maximum atomic E-state index is 11.9. The molecule has 9 heteroatoms. The first kappa shape index (κ1) is 17.3. The van der Waals surface area contributed by atoms with Gasteiger partial charge in [0.2, 0.25) is 5.95 Å². The second-order valence-corrected chi connectivity index (χ2v) is 8.56. The Morgan fingerprint density at radius 1 is 1.29 bits per heavy atom. The normalized spacial score (nSPS) is 18.6. The molecule has 0 spiro atoms. The molecule has 2 aliphatic carbocycles. The molecular formula is C19H21N7OS. The Morgan fingerprint density at radius 3 is 2.82 bits per heavy atom. The van der Waals surface area contributed by atoms with E-state index in [0.717, 1.165) is 28.7 Å². The van der Waals surface area contributed by atoms with Crippen molar-refractivity contribution in [1.29, 1.82) is 0 Å². The molecular weight excluding hydrogens is 374 g/mol. The van der Waals surface area contributed by atoms with Gasteiger partial charge in [0.05, 0.1) is 15.7 Å². The number of amides is 1. The summed E-state index contributed by atoms with van der Waals surface area (Å²) >= 11 is 1.58. The van der Waals surface area contributed by atoms with Crippen LogP contribution < -0.4 is 22.1 Å². The van der Waals surface area contributed by atoms with Crippen molar-refractivity contribution in [2.24, 2.45) is 17.4 Å². The summed E-state index contributed by atoms with van der Waals surface area (Å²) in [5.74, 6) is 0.808. The molecule has 1 atom stereocenters. The molecule has 2 aromatic heterocycles. The third-order valence-corrected chi connectivity index (χ3v) is 6.28. The average molecular weight is 395 g/mol. The summed E-state index contributed by atoms with van der Waals surface area (Å²) in [7, 11) is 0. The molecule has 3 aromatic rings. The van der Waals surface area contributed by atoms with Crippen molar-refractivity contribution in [3.63, 3.8) is 0 Å². The Hall–Kier alpha value is -2.78. The highest BCUT2D eigenvalue weighted by atomic mass is 32.1. The van der Waals surface area contributed by atoms with Gasteiger partial charge in [-0.05, 0) is 49.8 Å². The van der Waals surface area contributed by atoms with Crippen LogP contribution in [0.15, 0.2) is 29.9 Å². The molecule has 1 aromatic carbocycles. The largest absolute Gasteiger partial charge is 0.365 e. The molecule has 1 amide bonds. The van der Waals surface area contributed by atoms with E-state index in [4.69, 9.17) is 11.5 Å². The van der Waals surface area contributed by atoms with Crippen LogP contribution in [0.5, 0.6) is 0 Å². The Balaban J connectivity index is 1.44. The number of hydrogen-bond donors (Lipinski definition) is 4.